The Balaban J connectivity index is 1.91. The van der Waals surface area contributed by atoms with Crippen molar-refractivity contribution in [3.63, 3.8) is 0 Å². The van der Waals surface area contributed by atoms with Gasteiger partial charge in [-0.3, -0.25) is 9.78 Å². The zero-order valence-corrected chi connectivity index (χ0v) is 13.9. The molecule has 0 N–H and O–H groups in total. The molecule has 0 bridgehead atoms. The number of carbonyl (C=O) groups excluding carboxylic acids is 1. The summed E-state index contributed by atoms with van der Waals surface area (Å²) in [5, 5.41) is 4.13. The summed E-state index contributed by atoms with van der Waals surface area (Å²) >= 11 is 0. The van der Waals surface area contributed by atoms with E-state index in [1.54, 1.807) is 18.3 Å². The normalized spacial score (nSPS) is 11.4. The average molecular weight is 360 g/mol. The van der Waals surface area contributed by atoms with E-state index >= 15 is 0 Å². The lowest BCUT2D eigenvalue weighted by Gasteiger charge is -2.02. The second-order valence-electron chi connectivity index (χ2n) is 5.44. The SMILES string of the molecule is CS(=O)(=O)CC(=O)c1cccc(-c2cnn(-c3cncc(F)c3)c2)n1. The van der Waals surface area contributed by atoms with Crippen molar-refractivity contribution in [2.45, 2.75) is 0 Å². The van der Waals surface area contributed by atoms with E-state index in [1.807, 2.05) is 0 Å². The fourth-order valence-corrected chi connectivity index (χ4v) is 2.81. The van der Waals surface area contributed by atoms with E-state index < -0.39 is 27.2 Å². The molecule has 0 aliphatic heterocycles. The topological polar surface area (TPSA) is 94.8 Å². The predicted octanol–water partition coefficient (Wildman–Crippen LogP) is 1.70. The van der Waals surface area contributed by atoms with Crippen LogP contribution in [0.5, 0.6) is 0 Å². The largest absolute Gasteiger partial charge is 0.291 e. The third-order valence-electron chi connectivity index (χ3n) is 3.26. The van der Waals surface area contributed by atoms with Crippen LogP contribution in [-0.2, 0) is 9.84 Å². The molecule has 0 saturated heterocycles. The van der Waals surface area contributed by atoms with Crippen LogP contribution in [0.1, 0.15) is 10.5 Å². The van der Waals surface area contributed by atoms with E-state index in [1.165, 1.54) is 29.2 Å². The summed E-state index contributed by atoms with van der Waals surface area (Å²) in [6.07, 6.45) is 6.67. The molecular formula is C16H13FN4O3S. The van der Waals surface area contributed by atoms with Crippen LogP contribution in [0.2, 0.25) is 0 Å². The number of hydrogen-bond donors (Lipinski definition) is 0. The lowest BCUT2D eigenvalue weighted by atomic mass is 10.2. The number of rotatable bonds is 5. The minimum absolute atomic E-state index is 0.0584. The van der Waals surface area contributed by atoms with Crippen molar-refractivity contribution in [3.05, 3.63) is 60.6 Å². The Bertz CT molecular complexity index is 1050. The molecule has 9 heteroatoms. The Labute approximate surface area is 143 Å². The molecule has 3 heterocycles. The highest BCUT2D eigenvalue weighted by Crippen LogP contribution is 2.19. The van der Waals surface area contributed by atoms with Crippen molar-refractivity contribution in [1.82, 2.24) is 19.7 Å². The van der Waals surface area contributed by atoms with Gasteiger partial charge in [0, 0.05) is 24.1 Å². The monoisotopic (exact) mass is 360 g/mol. The van der Waals surface area contributed by atoms with Gasteiger partial charge in [-0.25, -0.2) is 22.5 Å². The number of carbonyl (C=O) groups is 1. The molecule has 3 aromatic rings. The van der Waals surface area contributed by atoms with Gasteiger partial charge in [0.25, 0.3) is 0 Å². The maximum atomic E-state index is 13.3. The number of pyridine rings is 2. The van der Waals surface area contributed by atoms with E-state index in [2.05, 4.69) is 15.1 Å². The zero-order valence-electron chi connectivity index (χ0n) is 13.1. The zero-order chi connectivity index (χ0) is 18.0. The molecular weight excluding hydrogens is 347 g/mol. The van der Waals surface area contributed by atoms with Crippen LogP contribution >= 0.6 is 0 Å². The van der Waals surface area contributed by atoms with Crippen molar-refractivity contribution in [2.24, 2.45) is 0 Å². The van der Waals surface area contributed by atoms with Gasteiger partial charge >= 0.3 is 0 Å². The highest BCUT2D eigenvalue weighted by molar-refractivity contribution is 7.91. The predicted molar refractivity (Wildman–Crippen MR) is 88.6 cm³/mol. The molecule has 0 aliphatic carbocycles. The van der Waals surface area contributed by atoms with Gasteiger partial charge in [-0.2, -0.15) is 5.10 Å². The summed E-state index contributed by atoms with van der Waals surface area (Å²) in [6.45, 7) is 0. The van der Waals surface area contributed by atoms with E-state index in [-0.39, 0.29) is 5.69 Å². The highest BCUT2D eigenvalue weighted by atomic mass is 32.2. The standard InChI is InChI=1S/C16H13FN4O3S/c1-25(23,24)10-16(22)15-4-2-3-14(20-15)11-6-19-21(9-11)13-5-12(17)7-18-8-13/h2-9H,10H2,1H3. The van der Waals surface area contributed by atoms with Gasteiger partial charge in [-0.05, 0) is 12.1 Å². The lowest BCUT2D eigenvalue weighted by Crippen LogP contribution is -2.15. The van der Waals surface area contributed by atoms with Crippen LogP contribution in [0.15, 0.2) is 49.1 Å². The lowest BCUT2D eigenvalue weighted by molar-refractivity contribution is 0.101. The molecule has 0 aromatic carbocycles. The number of hydrogen-bond acceptors (Lipinski definition) is 6. The van der Waals surface area contributed by atoms with Crippen LogP contribution in [-0.4, -0.2) is 46.0 Å². The van der Waals surface area contributed by atoms with Crippen molar-refractivity contribution in [1.29, 1.82) is 0 Å². The first kappa shape index (κ1) is 16.9. The Kier molecular flexibility index (Phi) is 4.41. The fourth-order valence-electron chi connectivity index (χ4n) is 2.19. The number of ketones is 1. The molecule has 0 atom stereocenters. The third kappa shape index (κ3) is 4.13. The van der Waals surface area contributed by atoms with Crippen LogP contribution in [0, 0.1) is 5.82 Å². The number of nitrogens with zero attached hydrogens (tertiary/aromatic N) is 4. The molecule has 0 fully saturated rings. The summed E-state index contributed by atoms with van der Waals surface area (Å²) < 4.78 is 37.2. The number of aromatic nitrogens is 4. The van der Waals surface area contributed by atoms with E-state index in [4.69, 9.17) is 0 Å². The Hall–Kier alpha value is -2.94. The van der Waals surface area contributed by atoms with Crippen LogP contribution in [0.25, 0.3) is 16.9 Å². The van der Waals surface area contributed by atoms with Gasteiger partial charge in [0.1, 0.15) is 17.3 Å². The molecule has 7 nitrogen and oxygen atoms in total. The fraction of sp³-hybridized carbons (Fsp3) is 0.125. The summed E-state index contributed by atoms with van der Waals surface area (Å²) in [5.74, 6) is -1.66. The molecule has 0 amide bonds. The van der Waals surface area contributed by atoms with Gasteiger partial charge < -0.3 is 0 Å². The van der Waals surface area contributed by atoms with E-state index in [0.717, 1.165) is 12.5 Å². The van der Waals surface area contributed by atoms with Gasteiger partial charge in [0.05, 0.1) is 30.0 Å². The molecule has 0 unspecified atom stereocenters. The van der Waals surface area contributed by atoms with Gasteiger partial charge in [-0.1, -0.05) is 6.07 Å². The van der Waals surface area contributed by atoms with Crippen molar-refractivity contribution in [2.75, 3.05) is 12.0 Å². The number of Topliss-reactive ketones (excluding diaryl/α,β-unsaturated/α-hetero) is 1. The quantitative estimate of drug-likeness (QED) is 0.643. The number of sulfone groups is 1. The van der Waals surface area contributed by atoms with Crippen LogP contribution in [0.3, 0.4) is 0 Å². The molecule has 0 spiro atoms. The summed E-state index contributed by atoms with van der Waals surface area (Å²) in [5.41, 5.74) is 1.55. The maximum absolute atomic E-state index is 13.3. The molecule has 3 rings (SSSR count). The van der Waals surface area contributed by atoms with Crippen molar-refractivity contribution < 1.29 is 17.6 Å². The average Bonchev–Trinajstić information content (AvgIpc) is 3.03. The first-order valence-corrected chi connectivity index (χ1v) is 9.22. The van der Waals surface area contributed by atoms with E-state index in [0.29, 0.717) is 16.9 Å². The van der Waals surface area contributed by atoms with Crippen molar-refractivity contribution in [3.8, 4) is 16.9 Å². The Morgan fingerprint density at radius 3 is 2.76 bits per heavy atom. The third-order valence-corrected chi connectivity index (χ3v) is 4.05. The highest BCUT2D eigenvalue weighted by Gasteiger charge is 2.15. The second-order valence-corrected chi connectivity index (χ2v) is 7.58. The summed E-state index contributed by atoms with van der Waals surface area (Å²) in [4.78, 5) is 20.0. The second kappa shape index (κ2) is 6.52. The smallest absolute Gasteiger partial charge is 0.196 e. The molecule has 128 valence electrons. The summed E-state index contributed by atoms with van der Waals surface area (Å²) in [7, 11) is -3.43. The molecule has 3 aromatic heterocycles. The number of halogens is 1. The van der Waals surface area contributed by atoms with Crippen LogP contribution in [0.4, 0.5) is 4.39 Å². The molecule has 0 aliphatic rings. The van der Waals surface area contributed by atoms with Gasteiger partial charge in [-0.15, -0.1) is 0 Å². The Morgan fingerprint density at radius 2 is 2.04 bits per heavy atom. The molecule has 0 radical (unpaired) electrons. The minimum atomic E-state index is -3.43. The van der Waals surface area contributed by atoms with Gasteiger partial charge in [0.15, 0.2) is 15.6 Å². The van der Waals surface area contributed by atoms with E-state index in [9.17, 15) is 17.6 Å². The summed E-state index contributed by atoms with van der Waals surface area (Å²) in [6, 6.07) is 6.02. The van der Waals surface area contributed by atoms with Gasteiger partial charge in [0.2, 0.25) is 0 Å². The van der Waals surface area contributed by atoms with Crippen LogP contribution < -0.4 is 0 Å². The van der Waals surface area contributed by atoms with Crippen molar-refractivity contribution >= 4 is 15.6 Å². The molecule has 0 saturated carbocycles. The first-order chi connectivity index (χ1) is 11.8. The first-order valence-electron chi connectivity index (χ1n) is 7.16. The Morgan fingerprint density at radius 1 is 1.24 bits per heavy atom. The maximum Gasteiger partial charge on any atom is 0.196 e. The minimum Gasteiger partial charge on any atom is -0.291 e. The molecule has 25 heavy (non-hydrogen) atoms.